The second-order valence-corrected chi connectivity index (χ2v) is 10.6. The number of cyclic esters (lactones) is 1. The van der Waals surface area contributed by atoms with Crippen molar-refractivity contribution >= 4 is 12.1 Å². The van der Waals surface area contributed by atoms with E-state index in [4.69, 9.17) is 28.4 Å². The Morgan fingerprint density at radius 2 is 1.71 bits per heavy atom. The highest BCUT2D eigenvalue weighted by atomic mass is 16.7. The number of ether oxygens (including phenoxy) is 6. The molecule has 0 radical (unpaired) electrons. The second-order valence-electron chi connectivity index (χ2n) is 10.6. The van der Waals surface area contributed by atoms with E-state index in [2.05, 4.69) is 12.2 Å². The Hall–Kier alpha value is -2.42. The lowest BCUT2D eigenvalue weighted by Gasteiger charge is -2.63. The first-order valence-corrected chi connectivity index (χ1v) is 12.0. The van der Waals surface area contributed by atoms with Crippen LogP contribution in [0.25, 0.3) is 0 Å². The van der Waals surface area contributed by atoms with E-state index in [1.165, 1.54) is 0 Å². The first-order valence-electron chi connectivity index (χ1n) is 12.0. The molecule has 6 atom stereocenters. The lowest BCUT2D eigenvalue weighted by Crippen LogP contribution is -2.71. The van der Waals surface area contributed by atoms with E-state index in [1.807, 2.05) is 44.2 Å². The van der Waals surface area contributed by atoms with Gasteiger partial charge in [-0.3, -0.25) is 4.79 Å². The summed E-state index contributed by atoms with van der Waals surface area (Å²) in [4.78, 5) is 25.7. The van der Waals surface area contributed by atoms with Crippen LogP contribution in [0.4, 0.5) is 4.79 Å². The van der Waals surface area contributed by atoms with Gasteiger partial charge >= 0.3 is 12.1 Å². The predicted molar refractivity (Wildman–Crippen MR) is 117 cm³/mol. The third-order valence-electron chi connectivity index (χ3n) is 8.42. The summed E-state index contributed by atoms with van der Waals surface area (Å²) in [5, 5.41) is 0. The number of esters is 1. The lowest BCUT2D eigenvalue weighted by molar-refractivity contribution is -0.339. The molecular weight excluding hydrogens is 440 g/mol. The van der Waals surface area contributed by atoms with Crippen molar-refractivity contribution in [3.8, 4) is 0 Å². The van der Waals surface area contributed by atoms with Gasteiger partial charge in [0.1, 0.15) is 18.8 Å². The van der Waals surface area contributed by atoms with E-state index in [0.29, 0.717) is 32.8 Å². The van der Waals surface area contributed by atoms with Gasteiger partial charge in [-0.05, 0) is 19.4 Å². The first-order chi connectivity index (χ1) is 16.3. The molecule has 8 heteroatoms. The van der Waals surface area contributed by atoms with Crippen molar-refractivity contribution in [2.24, 2.45) is 28.6 Å². The van der Waals surface area contributed by atoms with Gasteiger partial charge in [0.05, 0.1) is 43.2 Å². The van der Waals surface area contributed by atoms with Gasteiger partial charge in [0.2, 0.25) is 0 Å². The molecular formula is C26H30O8. The van der Waals surface area contributed by atoms with Crippen molar-refractivity contribution in [1.82, 2.24) is 0 Å². The third-order valence-corrected chi connectivity index (χ3v) is 8.42. The SMILES string of the molecule is CC1(C)OCC2(CO1)[C@H]1C[C@H](OC(=O)O1)[C@]13COC(=O)[C@H]1[C@H](COCc1ccccc1)C=C[C@@H]23. The number of carbonyl (C=O) groups is 2. The van der Waals surface area contributed by atoms with E-state index < -0.39 is 40.9 Å². The number of carbonyl (C=O) groups excluding carboxylic acids is 2. The third kappa shape index (κ3) is 3.22. The molecule has 0 amide bonds. The fourth-order valence-electron chi connectivity index (χ4n) is 6.75. The van der Waals surface area contributed by atoms with E-state index >= 15 is 0 Å². The molecule has 0 N–H and O–H groups in total. The molecule has 3 saturated heterocycles. The van der Waals surface area contributed by atoms with Crippen molar-refractivity contribution in [1.29, 1.82) is 0 Å². The Balaban J connectivity index is 1.34. The Morgan fingerprint density at radius 1 is 0.971 bits per heavy atom. The van der Waals surface area contributed by atoms with Gasteiger partial charge in [0.15, 0.2) is 5.79 Å². The van der Waals surface area contributed by atoms with Crippen LogP contribution in [0.15, 0.2) is 42.5 Å². The zero-order chi connectivity index (χ0) is 23.6. The number of benzene rings is 1. The van der Waals surface area contributed by atoms with Gasteiger partial charge in [-0.25, -0.2) is 4.79 Å². The summed E-state index contributed by atoms with van der Waals surface area (Å²) in [6.07, 6.45) is 3.08. The minimum atomic E-state index is -0.724. The maximum absolute atomic E-state index is 13.2. The molecule has 1 aromatic carbocycles. The van der Waals surface area contributed by atoms with Crippen molar-refractivity contribution < 1.29 is 38.0 Å². The molecule has 2 aliphatic carbocycles. The van der Waals surface area contributed by atoms with E-state index in [-0.39, 0.29) is 24.4 Å². The molecule has 1 saturated carbocycles. The fraction of sp³-hybridized carbons (Fsp3) is 0.615. The smallest absolute Gasteiger partial charge is 0.465 e. The Bertz CT molecular complexity index is 993. The van der Waals surface area contributed by atoms with Crippen LogP contribution in [-0.4, -0.2) is 56.5 Å². The normalized spacial score (nSPS) is 38.9. The highest BCUT2D eigenvalue weighted by molar-refractivity contribution is 5.78. The monoisotopic (exact) mass is 470 g/mol. The van der Waals surface area contributed by atoms with Gasteiger partial charge in [-0.1, -0.05) is 42.5 Å². The zero-order valence-corrected chi connectivity index (χ0v) is 19.4. The average molecular weight is 471 g/mol. The van der Waals surface area contributed by atoms with Crippen LogP contribution in [0.2, 0.25) is 0 Å². The summed E-state index contributed by atoms with van der Waals surface area (Å²) >= 11 is 0. The molecule has 6 rings (SSSR count). The summed E-state index contributed by atoms with van der Waals surface area (Å²) in [7, 11) is 0. The second kappa shape index (κ2) is 7.80. The molecule has 8 nitrogen and oxygen atoms in total. The molecule has 5 aliphatic rings. The van der Waals surface area contributed by atoms with Crippen LogP contribution < -0.4 is 0 Å². The van der Waals surface area contributed by atoms with Crippen LogP contribution in [0.1, 0.15) is 25.8 Å². The van der Waals surface area contributed by atoms with E-state index in [1.54, 1.807) is 0 Å². The Labute approximate surface area is 198 Å². The number of hydrogen-bond donors (Lipinski definition) is 0. The summed E-state index contributed by atoms with van der Waals surface area (Å²) in [5.41, 5.74) is -0.262. The molecule has 2 bridgehead atoms. The highest BCUT2D eigenvalue weighted by Gasteiger charge is 2.74. The van der Waals surface area contributed by atoms with Crippen molar-refractivity contribution in [2.45, 2.75) is 44.9 Å². The first kappa shape index (κ1) is 22.1. The Morgan fingerprint density at radius 3 is 2.47 bits per heavy atom. The minimum Gasteiger partial charge on any atom is -0.465 e. The van der Waals surface area contributed by atoms with Crippen LogP contribution >= 0.6 is 0 Å². The van der Waals surface area contributed by atoms with Crippen molar-refractivity contribution in [3.63, 3.8) is 0 Å². The summed E-state index contributed by atoms with van der Waals surface area (Å²) in [6, 6.07) is 9.93. The summed E-state index contributed by atoms with van der Waals surface area (Å²) in [6.45, 7) is 5.48. The Kier molecular flexibility index (Phi) is 5.06. The van der Waals surface area contributed by atoms with Gasteiger partial charge in [0, 0.05) is 18.3 Å². The average Bonchev–Trinajstić information content (AvgIpc) is 3.18. The van der Waals surface area contributed by atoms with Gasteiger partial charge < -0.3 is 28.4 Å². The summed E-state index contributed by atoms with van der Waals surface area (Å²) in [5.74, 6) is -1.83. The zero-order valence-electron chi connectivity index (χ0n) is 19.4. The molecule has 34 heavy (non-hydrogen) atoms. The fourth-order valence-corrected chi connectivity index (χ4v) is 6.75. The van der Waals surface area contributed by atoms with Crippen LogP contribution in [0, 0.1) is 28.6 Å². The van der Waals surface area contributed by atoms with Crippen LogP contribution in [0.3, 0.4) is 0 Å². The van der Waals surface area contributed by atoms with Gasteiger partial charge in [0.25, 0.3) is 0 Å². The molecule has 2 spiro atoms. The molecule has 1 aromatic rings. The van der Waals surface area contributed by atoms with Crippen molar-refractivity contribution in [3.05, 3.63) is 48.0 Å². The standard InChI is InChI=1S/C26H30O8/c1-24(2)31-13-25(14-32-24)18-9-8-17(12-29-11-16-6-4-3-5-7-16)21-22(27)30-15-26(18,21)20-10-19(25)33-23(28)34-20/h3-9,17-21H,10-15H2,1-2H3/t17-,18-,19+,20-,21+,26+/m0/s1. The maximum Gasteiger partial charge on any atom is 0.508 e. The maximum atomic E-state index is 13.2. The minimum absolute atomic E-state index is 0.172. The molecule has 3 aliphatic heterocycles. The molecule has 4 fully saturated rings. The van der Waals surface area contributed by atoms with Gasteiger partial charge in [-0.2, -0.15) is 0 Å². The lowest BCUT2D eigenvalue weighted by atomic mass is 9.46. The molecule has 0 aromatic heterocycles. The van der Waals surface area contributed by atoms with Crippen LogP contribution in [-0.2, 0) is 39.8 Å². The summed E-state index contributed by atoms with van der Waals surface area (Å²) < 4.78 is 35.4. The van der Waals surface area contributed by atoms with Crippen molar-refractivity contribution in [2.75, 3.05) is 26.4 Å². The number of rotatable bonds is 4. The highest BCUT2D eigenvalue weighted by Crippen LogP contribution is 2.65. The molecule has 0 unspecified atom stereocenters. The predicted octanol–water partition coefficient (Wildman–Crippen LogP) is 3.24. The number of allylic oxidation sites excluding steroid dienone is 1. The van der Waals surface area contributed by atoms with Crippen LogP contribution in [0.5, 0.6) is 0 Å². The van der Waals surface area contributed by atoms with Gasteiger partial charge in [-0.15, -0.1) is 0 Å². The van der Waals surface area contributed by atoms with E-state index in [0.717, 1.165) is 5.56 Å². The molecule has 3 heterocycles. The number of fused-ring (bicyclic) bond motifs is 4. The number of hydrogen-bond acceptors (Lipinski definition) is 8. The largest absolute Gasteiger partial charge is 0.508 e. The van der Waals surface area contributed by atoms with E-state index in [9.17, 15) is 9.59 Å². The molecule has 182 valence electrons. The topological polar surface area (TPSA) is 89.5 Å². The quantitative estimate of drug-likeness (QED) is 0.490.